The largest absolute Gasteiger partial charge is 0.506 e. The molecule has 0 fully saturated rings. The summed E-state index contributed by atoms with van der Waals surface area (Å²) in [6.45, 7) is 0. The van der Waals surface area contributed by atoms with E-state index in [1.54, 1.807) is 6.07 Å². The first-order valence-corrected chi connectivity index (χ1v) is 5.62. The van der Waals surface area contributed by atoms with E-state index in [0.29, 0.717) is 10.0 Å². The molecule has 0 saturated carbocycles. The first-order chi connectivity index (χ1) is 6.06. The van der Waals surface area contributed by atoms with Gasteiger partial charge < -0.3 is 5.11 Å². The summed E-state index contributed by atoms with van der Waals surface area (Å²) in [4.78, 5) is 11.2. The normalized spacial score (nSPS) is 10.1. The first-order valence-electron chi connectivity index (χ1n) is 3.33. The molecular formula is C8H5Br2ClO2. The molecule has 0 aliphatic rings. The van der Waals surface area contributed by atoms with Crippen molar-refractivity contribution in [3.63, 3.8) is 0 Å². The molecule has 1 aromatic rings. The predicted octanol–water partition coefficient (Wildman–Crippen LogP) is 3.39. The van der Waals surface area contributed by atoms with E-state index in [2.05, 4.69) is 31.9 Å². The number of ketones is 1. The van der Waals surface area contributed by atoms with Gasteiger partial charge in [0.25, 0.3) is 0 Å². The molecule has 0 atom stereocenters. The van der Waals surface area contributed by atoms with Crippen molar-refractivity contribution >= 4 is 49.2 Å². The van der Waals surface area contributed by atoms with Crippen molar-refractivity contribution < 1.29 is 9.90 Å². The number of phenols is 1. The highest BCUT2D eigenvalue weighted by molar-refractivity contribution is 9.10. The number of Topliss-reactive ketones (excluding diaryl/α,β-unsaturated/α-hetero) is 1. The van der Waals surface area contributed by atoms with Gasteiger partial charge >= 0.3 is 0 Å². The molecule has 0 heterocycles. The lowest BCUT2D eigenvalue weighted by atomic mass is 10.1. The molecule has 0 saturated heterocycles. The zero-order chi connectivity index (χ0) is 10.0. The zero-order valence-electron chi connectivity index (χ0n) is 6.35. The van der Waals surface area contributed by atoms with Crippen LogP contribution < -0.4 is 0 Å². The molecular weight excluding hydrogens is 323 g/mol. The molecule has 5 heteroatoms. The number of halogens is 3. The Balaban J connectivity index is 3.20. The SMILES string of the molecule is O=C(CBr)c1cc(O)c(Cl)c(Br)c1. The van der Waals surface area contributed by atoms with Gasteiger partial charge in [-0.15, -0.1) is 0 Å². The Morgan fingerprint density at radius 1 is 1.54 bits per heavy atom. The second kappa shape index (κ2) is 4.44. The van der Waals surface area contributed by atoms with Crippen LogP contribution in [0.1, 0.15) is 10.4 Å². The maximum absolute atomic E-state index is 11.2. The molecule has 0 aliphatic carbocycles. The van der Waals surface area contributed by atoms with Gasteiger partial charge in [0.2, 0.25) is 0 Å². The highest BCUT2D eigenvalue weighted by Gasteiger charge is 2.10. The van der Waals surface area contributed by atoms with Crippen molar-refractivity contribution in [1.29, 1.82) is 0 Å². The molecule has 0 spiro atoms. The van der Waals surface area contributed by atoms with Gasteiger partial charge in [-0.25, -0.2) is 0 Å². The summed E-state index contributed by atoms with van der Waals surface area (Å²) in [7, 11) is 0. The fourth-order valence-corrected chi connectivity index (χ4v) is 1.70. The number of phenolic OH excluding ortho intramolecular Hbond substituents is 1. The summed E-state index contributed by atoms with van der Waals surface area (Å²) in [6.07, 6.45) is 0. The Labute approximate surface area is 97.2 Å². The lowest BCUT2D eigenvalue weighted by Gasteiger charge is -2.02. The maximum Gasteiger partial charge on any atom is 0.173 e. The third kappa shape index (κ3) is 2.45. The number of alkyl halides is 1. The van der Waals surface area contributed by atoms with Crippen molar-refractivity contribution in [3.05, 3.63) is 27.2 Å². The van der Waals surface area contributed by atoms with Crippen LogP contribution in [0.2, 0.25) is 5.02 Å². The van der Waals surface area contributed by atoms with Crippen LogP contribution >= 0.6 is 43.5 Å². The summed E-state index contributed by atoms with van der Waals surface area (Å²) in [5.41, 5.74) is 0.422. The highest BCUT2D eigenvalue weighted by Crippen LogP contribution is 2.32. The fraction of sp³-hybridized carbons (Fsp3) is 0.125. The van der Waals surface area contributed by atoms with E-state index in [4.69, 9.17) is 11.6 Å². The molecule has 0 aliphatic heterocycles. The average molecular weight is 328 g/mol. The highest BCUT2D eigenvalue weighted by atomic mass is 79.9. The minimum atomic E-state index is -0.104. The summed E-state index contributed by atoms with van der Waals surface area (Å²) in [5, 5.41) is 9.73. The zero-order valence-corrected chi connectivity index (χ0v) is 10.3. The van der Waals surface area contributed by atoms with Crippen LogP contribution in [0.15, 0.2) is 16.6 Å². The molecule has 1 aromatic carbocycles. The minimum Gasteiger partial charge on any atom is -0.506 e. The van der Waals surface area contributed by atoms with E-state index >= 15 is 0 Å². The van der Waals surface area contributed by atoms with E-state index in [-0.39, 0.29) is 21.9 Å². The third-order valence-corrected chi connectivity index (χ3v) is 3.21. The molecule has 1 N–H and O–H groups in total. The number of hydrogen-bond acceptors (Lipinski definition) is 2. The fourth-order valence-electron chi connectivity index (χ4n) is 0.813. The smallest absolute Gasteiger partial charge is 0.173 e. The van der Waals surface area contributed by atoms with Crippen molar-refractivity contribution in [2.45, 2.75) is 0 Å². The Hall–Kier alpha value is -0.0600. The van der Waals surface area contributed by atoms with Crippen LogP contribution in [-0.4, -0.2) is 16.2 Å². The second-order valence-electron chi connectivity index (χ2n) is 2.35. The van der Waals surface area contributed by atoms with E-state index in [0.717, 1.165) is 0 Å². The number of rotatable bonds is 2. The van der Waals surface area contributed by atoms with Crippen LogP contribution in [0.4, 0.5) is 0 Å². The lowest BCUT2D eigenvalue weighted by Crippen LogP contribution is -1.99. The average Bonchev–Trinajstić information content (AvgIpc) is 2.12. The standard InChI is InChI=1S/C8H5Br2ClO2/c9-3-7(13)4-1-5(10)8(11)6(12)2-4/h1-2,12H,3H2. The molecule has 13 heavy (non-hydrogen) atoms. The molecule has 70 valence electrons. The van der Waals surface area contributed by atoms with Crippen molar-refractivity contribution in [2.24, 2.45) is 0 Å². The molecule has 0 amide bonds. The molecule has 0 unspecified atom stereocenters. The van der Waals surface area contributed by atoms with Gasteiger partial charge in [-0.2, -0.15) is 0 Å². The second-order valence-corrected chi connectivity index (χ2v) is 4.14. The van der Waals surface area contributed by atoms with E-state index < -0.39 is 0 Å². The summed E-state index contributed by atoms with van der Waals surface area (Å²) in [6, 6.07) is 2.92. The monoisotopic (exact) mass is 326 g/mol. The van der Waals surface area contributed by atoms with Gasteiger partial charge in [-0.3, -0.25) is 4.79 Å². The Morgan fingerprint density at radius 2 is 2.15 bits per heavy atom. The number of carbonyl (C=O) groups excluding carboxylic acids is 1. The van der Waals surface area contributed by atoms with Gasteiger partial charge in [0.15, 0.2) is 5.78 Å². The van der Waals surface area contributed by atoms with Crippen molar-refractivity contribution in [3.8, 4) is 5.75 Å². The molecule has 2 nitrogen and oxygen atoms in total. The lowest BCUT2D eigenvalue weighted by molar-refractivity contribution is 0.102. The Bertz CT molecular complexity index is 329. The summed E-state index contributed by atoms with van der Waals surface area (Å²) in [5.74, 6) is -0.201. The van der Waals surface area contributed by atoms with Crippen LogP contribution in [0, 0.1) is 0 Å². The van der Waals surface area contributed by atoms with Crippen molar-refractivity contribution in [1.82, 2.24) is 0 Å². The maximum atomic E-state index is 11.2. The van der Waals surface area contributed by atoms with Crippen molar-refractivity contribution in [2.75, 3.05) is 5.33 Å². The Kier molecular flexibility index (Phi) is 3.76. The topological polar surface area (TPSA) is 37.3 Å². The first kappa shape index (κ1) is 11.0. The van der Waals surface area contributed by atoms with E-state index in [9.17, 15) is 9.90 Å². The van der Waals surface area contributed by atoms with Crippen LogP contribution in [0.5, 0.6) is 5.75 Å². The molecule has 1 rings (SSSR count). The predicted molar refractivity (Wildman–Crippen MR) is 58.9 cm³/mol. The Morgan fingerprint density at radius 3 is 2.62 bits per heavy atom. The van der Waals surface area contributed by atoms with Gasteiger partial charge in [0, 0.05) is 10.0 Å². The minimum absolute atomic E-state index is 0.0969. The van der Waals surface area contributed by atoms with Gasteiger partial charge in [0.1, 0.15) is 5.75 Å². The number of hydrogen-bond donors (Lipinski definition) is 1. The van der Waals surface area contributed by atoms with Gasteiger partial charge in [-0.05, 0) is 28.1 Å². The van der Waals surface area contributed by atoms with Crippen LogP contribution in [0.25, 0.3) is 0 Å². The van der Waals surface area contributed by atoms with E-state index in [1.807, 2.05) is 0 Å². The summed E-state index contributed by atoms with van der Waals surface area (Å²) >= 11 is 11.9. The van der Waals surface area contributed by atoms with Crippen LogP contribution in [-0.2, 0) is 0 Å². The molecule has 0 bridgehead atoms. The van der Waals surface area contributed by atoms with E-state index in [1.165, 1.54) is 6.07 Å². The van der Waals surface area contributed by atoms with Gasteiger partial charge in [0.05, 0.1) is 10.4 Å². The summed E-state index contributed by atoms with van der Waals surface area (Å²) < 4.78 is 0.512. The number of carbonyl (C=O) groups is 1. The molecule has 0 radical (unpaired) electrons. The number of benzene rings is 1. The third-order valence-electron chi connectivity index (χ3n) is 1.45. The number of aromatic hydroxyl groups is 1. The van der Waals surface area contributed by atoms with Crippen LogP contribution in [0.3, 0.4) is 0 Å². The van der Waals surface area contributed by atoms with Gasteiger partial charge in [-0.1, -0.05) is 27.5 Å². The molecule has 0 aromatic heterocycles. The quantitative estimate of drug-likeness (QED) is 0.667.